The first-order chi connectivity index (χ1) is 16.4. The third kappa shape index (κ3) is 8.35. The molecule has 3 rings (SSSR count). The number of carbonyl (C=O) groups excluding carboxylic acids is 1. The number of aliphatic imine (C=N–C) groups is 1. The molecule has 0 spiro atoms. The Morgan fingerprint density at radius 1 is 1.18 bits per heavy atom. The fourth-order valence-corrected chi connectivity index (χ4v) is 3.88. The van der Waals surface area contributed by atoms with Gasteiger partial charge in [-0.05, 0) is 56.2 Å². The van der Waals surface area contributed by atoms with E-state index in [1.807, 2.05) is 12.2 Å². The number of pyridine rings is 1. The topological polar surface area (TPSA) is 145 Å². The first kappa shape index (κ1) is 25.5. The number of aliphatic hydroxyl groups is 1. The molecule has 5 N–H and O–H groups in total. The van der Waals surface area contributed by atoms with Crippen molar-refractivity contribution < 1.29 is 24.5 Å². The number of aliphatic hydroxyl groups excluding tert-OH is 1. The van der Waals surface area contributed by atoms with Crippen molar-refractivity contribution >= 4 is 29.6 Å². The van der Waals surface area contributed by atoms with Crippen LogP contribution in [0.3, 0.4) is 0 Å². The Morgan fingerprint density at radius 2 is 1.97 bits per heavy atom. The summed E-state index contributed by atoms with van der Waals surface area (Å²) in [5, 5.41) is 27.5. The molecule has 184 valence electrons. The Morgan fingerprint density at radius 3 is 2.65 bits per heavy atom. The first-order valence-electron chi connectivity index (χ1n) is 11.3. The molecule has 1 saturated carbocycles. The summed E-state index contributed by atoms with van der Waals surface area (Å²) >= 11 is 6.02. The molecule has 0 unspecified atom stereocenters. The summed E-state index contributed by atoms with van der Waals surface area (Å²) in [5.74, 6) is -0.230. The molecule has 2 amide bonds. The molecule has 0 aromatic carbocycles. The molecule has 34 heavy (non-hydrogen) atoms. The van der Waals surface area contributed by atoms with Crippen molar-refractivity contribution in [2.24, 2.45) is 4.99 Å². The van der Waals surface area contributed by atoms with Crippen LogP contribution in [0, 0.1) is 0 Å². The van der Waals surface area contributed by atoms with Gasteiger partial charge in [0.15, 0.2) is 5.96 Å². The van der Waals surface area contributed by atoms with E-state index >= 15 is 0 Å². The Hall–Kier alpha value is -3.11. The molecule has 1 heterocycles. The van der Waals surface area contributed by atoms with Crippen molar-refractivity contribution in [3.8, 4) is 5.75 Å². The summed E-state index contributed by atoms with van der Waals surface area (Å²) in [4.78, 5) is 31.7. The summed E-state index contributed by atoms with van der Waals surface area (Å²) in [5.41, 5.74) is 1.21. The zero-order valence-electron chi connectivity index (χ0n) is 18.8. The number of carbonyl (C=O) groups is 2. The molecule has 11 heteroatoms. The highest BCUT2D eigenvalue weighted by Gasteiger charge is 2.24. The minimum absolute atomic E-state index is 0.0472. The summed E-state index contributed by atoms with van der Waals surface area (Å²) < 4.78 is 5.93. The number of urea groups is 1. The Bertz CT molecular complexity index is 957. The number of guanidine groups is 1. The van der Waals surface area contributed by atoms with E-state index in [4.69, 9.17) is 26.6 Å². The lowest BCUT2D eigenvalue weighted by Gasteiger charge is -2.30. The van der Waals surface area contributed by atoms with Crippen molar-refractivity contribution in [3.05, 3.63) is 46.8 Å². The fourth-order valence-electron chi connectivity index (χ4n) is 3.72. The van der Waals surface area contributed by atoms with Gasteiger partial charge in [-0.25, -0.2) is 14.6 Å². The van der Waals surface area contributed by atoms with E-state index in [-0.39, 0.29) is 30.9 Å². The molecule has 1 aromatic rings. The minimum atomic E-state index is -1.05. The number of hydrogen-bond acceptors (Lipinski definition) is 6. The van der Waals surface area contributed by atoms with Gasteiger partial charge in [0, 0.05) is 23.8 Å². The number of hydrogen-bond donors (Lipinski definition) is 5. The van der Waals surface area contributed by atoms with Gasteiger partial charge in [-0.1, -0.05) is 17.7 Å². The van der Waals surface area contributed by atoms with Crippen molar-refractivity contribution in [1.82, 2.24) is 20.9 Å². The molecular formula is C23H30ClN5O5. The average molecular weight is 492 g/mol. The highest BCUT2D eigenvalue weighted by Crippen LogP contribution is 2.24. The van der Waals surface area contributed by atoms with E-state index in [1.165, 1.54) is 18.5 Å². The maximum Gasteiger partial charge on any atom is 0.337 e. The number of carboxylic acids is 1. The number of carboxylic acid groups (broad SMARTS) is 1. The van der Waals surface area contributed by atoms with E-state index in [2.05, 4.69) is 25.9 Å². The predicted molar refractivity (Wildman–Crippen MR) is 128 cm³/mol. The van der Waals surface area contributed by atoms with Crippen LogP contribution in [0.2, 0.25) is 0 Å². The quantitative estimate of drug-likeness (QED) is 0.277. The molecule has 1 aromatic heterocycles. The van der Waals surface area contributed by atoms with Gasteiger partial charge >= 0.3 is 12.0 Å². The Balaban J connectivity index is 1.55. The zero-order valence-corrected chi connectivity index (χ0v) is 19.6. The van der Waals surface area contributed by atoms with Crippen LogP contribution in [0.25, 0.3) is 0 Å². The highest BCUT2D eigenvalue weighted by molar-refractivity contribution is 6.29. The van der Waals surface area contributed by atoms with Crippen LogP contribution in [0.4, 0.5) is 4.79 Å². The molecule has 0 aliphatic heterocycles. The lowest BCUT2D eigenvalue weighted by molar-refractivity contribution is 0.0695. The number of halogens is 1. The molecular weight excluding hydrogens is 462 g/mol. The number of rotatable bonds is 8. The SMILES string of the molecule is O=C(NCCO)NC(=NCC1=CC=C(Cl)CC1)NC1CCC(Oc2cncc(C(=O)O)c2)CC1. The Labute approximate surface area is 203 Å². The average Bonchev–Trinajstić information content (AvgIpc) is 2.83. The molecule has 0 saturated heterocycles. The first-order valence-corrected chi connectivity index (χ1v) is 11.7. The molecule has 1 fully saturated rings. The third-order valence-corrected chi connectivity index (χ3v) is 5.85. The van der Waals surface area contributed by atoms with Crippen LogP contribution in [0.15, 0.2) is 46.2 Å². The third-order valence-electron chi connectivity index (χ3n) is 5.53. The fraction of sp³-hybridized carbons (Fsp3) is 0.478. The molecule has 10 nitrogen and oxygen atoms in total. The largest absolute Gasteiger partial charge is 0.489 e. The predicted octanol–water partition coefficient (Wildman–Crippen LogP) is 2.55. The maximum atomic E-state index is 12.1. The standard InChI is InChI=1S/C23H30ClN5O5/c24-17-3-1-15(2-4-17)12-27-22(29-23(33)26-9-10-30)28-18-5-7-19(8-6-18)34-20-11-16(21(31)32)13-25-14-20/h1,3,11,13-14,18-19,30H,2,4-10,12H2,(H,31,32)(H3,26,27,28,29,33). The summed E-state index contributed by atoms with van der Waals surface area (Å²) in [7, 11) is 0. The highest BCUT2D eigenvalue weighted by atomic mass is 35.5. The van der Waals surface area contributed by atoms with Gasteiger partial charge in [0.1, 0.15) is 5.75 Å². The monoisotopic (exact) mass is 491 g/mol. The lowest BCUT2D eigenvalue weighted by atomic mass is 9.93. The van der Waals surface area contributed by atoms with Crippen LogP contribution < -0.4 is 20.7 Å². The van der Waals surface area contributed by atoms with Crippen molar-refractivity contribution in [3.63, 3.8) is 0 Å². The summed E-state index contributed by atoms with van der Waals surface area (Å²) in [6, 6.07) is 1.13. The second-order valence-corrected chi connectivity index (χ2v) is 8.64. The van der Waals surface area contributed by atoms with Crippen LogP contribution in [0.1, 0.15) is 48.9 Å². The normalized spacial score (nSPS) is 20.6. The van der Waals surface area contributed by atoms with Gasteiger partial charge in [-0.3, -0.25) is 10.3 Å². The van der Waals surface area contributed by atoms with Crippen molar-refractivity contribution in [2.75, 3.05) is 19.7 Å². The smallest absolute Gasteiger partial charge is 0.337 e. The number of allylic oxidation sites excluding steroid dienone is 3. The number of amides is 2. The van der Waals surface area contributed by atoms with Crippen LogP contribution in [-0.2, 0) is 0 Å². The lowest BCUT2D eigenvalue weighted by Crippen LogP contribution is -2.50. The van der Waals surface area contributed by atoms with Gasteiger partial charge in [0.05, 0.1) is 31.0 Å². The Kier molecular flexibility index (Phi) is 9.72. The number of aromatic carboxylic acids is 1. The van der Waals surface area contributed by atoms with Gasteiger partial charge < -0.3 is 25.6 Å². The van der Waals surface area contributed by atoms with Crippen molar-refractivity contribution in [2.45, 2.75) is 50.7 Å². The van der Waals surface area contributed by atoms with E-state index in [9.17, 15) is 9.59 Å². The number of aromatic nitrogens is 1. The minimum Gasteiger partial charge on any atom is -0.489 e. The van der Waals surface area contributed by atoms with E-state index < -0.39 is 12.0 Å². The van der Waals surface area contributed by atoms with Crippen LogP contribution in [0.5, 0.6) is 5.75 Å². The van der Waals surface area contributed by atoms with Crippen LogP contribution in [-0.4, -0.2) is 65.0 Å². The summed E-state index contributed by atoms with van der Waals surface area (Å²) in [6.07, 6.45) is 11.3. The molecule has 2 aliphatic rings. The van der Waals surface area contributed by atoms with Gasteiger partial charge in [0.2, 0.25) is 0 Å². The second kappa shape index (κ2) is 13.0. The zero-order chi connectivity index (χ0) is 24.3. The summed E-state index contributed by atoms with van der Waals surface area (Å²) in [6.45, 7) is 0.435. The van der Waals surface area contributed by atoms with Gasteiger partial charge in [-0.2, -0.15) is 0 Å². The molecule has 0 atom stereocenters. The van der Waals surface area contributed by atoms with E-state index in [0.717, 1.165) is 49.1 Å². The van der Waals surface area contributed by atoms with E-state index in [1.54, 1.807) is 0 Å². The van der Waals surface area contributed by atoms with Crippen LogP contribution >= 0.6 is 11.6 Å². The maximum absolute atomic E-state index is 12.1. The van der Waals surface area contributed by atoms with E-state index in [0.29, 0.717) is 18.3 Å². The van der Waals surface area contributed by atoms with Gasteiger partial charge in [0.25, 0.3) is 0 Å². The number of nitrogens with zero attached hydrogens (tertiary/aromatic N) is 2. The second-order valence-electron chi connectivity index (χ2n) is 8.16. The number of ether oxygens (including phenoxy) is 1. The van der Waals surface area contributed by atoms with Gasteiger partial charge in [-0.15, -0.1) is 0 Å². The molecule has 0 bridgehead atoms. The molecule has 0 radical (unpaired) electrons. The van der Waals surface area contributed by atoms with Crippen molar-refractivity contribution in [1.29, 1.82) is 0 Å². The molecule has 2 aliphatic carbocycles. The number of nitrogens with one attached hydrogen (secondary N) is 3.